The molecule has 2 unspecified atom stereocenters. The predicted molar refractivity (Wildman–Crippen MR) is 92.5 cm³/mol. The molecule has 1 heterocycles. The Morgan fingerprint density at radius 3 is 2.33 bits per heavy atom. The minimum Gasteiger partial charge on any atom is -0.496 e. The lowest BCUT2D eigenvalue weighted by atomic mass is 10.1. The molecule has 1 aromatic rings. The van der Waals surface area contributed by atoms with E-state index in [1.54, 1.807) is 33.5 Å². The van der Waals surface area contributed by atoms with Crippen molar-refractivity contribution in [2.45, 2.75) is 25.0 Å². The quantitative estimate of drug-likeness (QED) is 0.657. The highest BCUT2D eigenvalue weighted by Gasteiger charge is 2.27. The molecule has 24 heavy (non-hydrogen) atoms. The molecule has 0 saturated carbocycles. The highest BCUT2D eigenvalue weighted by Crippen LogP contribution is 2.34. The van der Waals surface area contributed by atoms with Crippen LogP contribution < -0.4 is 24.8 Å². The molecule has 2 rings (SSSR count). The number of aliphatic hydroxyl groups is 1. The zero-order valence-corrected chi connectivity index (χ0v) is 14.9. The van der Waals surface area contributed by atoms with E-state index >= 15 is 0 Å². The van der Waals surface area contributed by atoms with Gasteiger partial charge in [0.25, 0.3) is 0 Å². The van der Waals surface area contributed by atoms with E-state index in [1.807, 2.05) is 0 Å². The standard InChI is InChI=1S/C16H24N2O5.ClH/c1-21-11-7-14(22-2)12(15(8-11)23-3)4-5-17-16(20)13-6-10(19)9-18-13;/h7-8,10,13,18-19H,4-6,9H2,1-3H3,(H,17,20);1H. The summed E-state index contributed by atoms with van der Waals surface area (Å²) in [6.07, 6.45) is 0.561. The van der Waals surface area contributed by atoms with Gasteiger partial charge >= 0.3 is 0 Å². The molecule has 1 aromatic carbocycles. The van der Waals surface area contributed by atoms with Crippen molar-refractivity contribution in [1.29, 1.82) is 0 Å². The van der Waals surface area contributed by atoms with Crippen molar-refractivity contribution in [1.82, 2.24) is 10.6 Å². The Hall–Kier alpha value is -1.70. The number of aliphatic hydroxyl groups excluding tert-OH is 1. The van der Waals surface area contributed by atoms with Gasteiger partial charge in [-0.2, -0.15) is 0 Å². The van der Waals surface area contributed by atoms with E-state index in [4.69, 9.17) is 14.2 Å². The zero-order chi connectivity index (χ0) is 16.8. The third kappa shape index (κ3) is 4.90. The summed E-state index contributed by atoms with van der Waals surface area (Å²) in [5, 5.41) is 15.3. The average molecular weight is 361 g/mol. The molecule has 0 bridgehead atoms. The first kappa shape index (κ1) is 20.3. The van der Waals surface area contributed by atoms with E-state index in [1.165, 1.54) is 0 Å². The van der Waals surface area contributed by atoms with E-state index in [0.29, 0.717) is 43.2 Å². The Morgan fingerprint density at radius 1 is 1.25 bits per heavy atom. The number of carbonyl (C=O) groups excluding carboxylic acids is 1. The molecule has 0 radical (unpaired) electrons. The molecule has 2 atom stereocenters. The van der Waals surface area contributed by atoms with Crippen molar-refractivity contribution >= 4 is 18.3 Å². The van der Waals surface area contributed by atoms with Crippen LogP contribution in [0.2, 0.25) is 0 Å². The van der Waals surface area contributed by atoms with Gasteiger partial charge in [0.05, 0.1) is 33.5 Å². The summed E-state index contributed by atoms with van der Waals surface area (Å²) in [5.74, 6) is 1.86. The van der Waals surface area contributed by atoms with Crippen molar-refractivity contribution in [2.75, 3.05) is 34.4 Å². The van der Waals surface area contributed by atoms with Gasteiger partial charge in [-0.3, -0.25) is 4.79 Å². The minimum atomic E-state index is -0.451. The first-order valence-corrected chi connectivity index (χ1v) is 7.57. The van der Waals surface area contributed by atoms with Crippen molar-refractivity contribution < 1.29 is 24.1 Å². The molecular formula is C16H25ClN2O5. The van der Waals surface area contributed by atoms with Crippen molar-refractivity contribution in [2.24, 2.45) is 0 Å². The van der Waals surface area contributed by atoms with Crippen LogP contribution in [0.25, 0.3) is 0 Å². The number of rotatable bonds is 7. The number of carbonyl (C=O) groups is 1. The second-order valence-corrected chi connectivity index (χ2v) is 5.40. The van der Waals surface area contributed by atoms with Crippen LogP contribution in [0, 0.1) is 0 Å². The summed E-state index contributed by atoms with van der Waals surface area (Å²) in [4.78, 5) is 12.0. The van der Waals surface area contributed by atoms with Crippen molar-refractivity contribution in [3.63, 3.8) is 0 Å². The summed E-state index contributed by atoms with van der Waals surface area (Å²) < 4.78 is 16.0. The van der Waals surface area contributed by atoms with Gasteiger partial charge in [0.15, 0.2) is 0 Å². The molecule has 136 valence electrons. The molecule has 1 amide bonds. The summed E-state index contributed by atoms with van der Waals surface area (Å²) in [6.45, 7) is 0.907. The van der Waals surface area contributed by atoms with Crippen LogP contribution >= 0.6 is 12.4 Å². The first-order chi connectivity index (χ1) is 11.1. The van der Waals surface area contributed by atoms with E-state index in [2.05, 4.69) is 10.6 Å². The number of nitrogens with one attached hydrogen (secondary N) is 2. The molecule has 7 nitrogen and oxygen atoms in total. The van der Waals surface area contributed by atoms with Crippen LogP contribution in [-0.2, 0) is 11.2 Å². The highest BCUT2D eigenvalue weighted by molar-refractivity contribution is 5.85. The van der Waals surface area contributed by atoms with Gasteiger partial charge in [-0.1, -0.05) is 0 Å². The number of halogens is 1. The van der Waals surface area contributed by atoms with E-state index < -0.39 is 6.10 Å². The van der Waals surface area contributed by atoms with Gasteiger partial charge in [0.1, 0.15) is 17.2 Å². The van der Waals surface area contributed by atoms with Crippen LogP contribution in [0.5, 0.6) is 17.2 Å². The third-order valence-corrected chi connectivity index (χ3v) is 3.92. The topological polar surface area (TPSA) is 89.1 Å². The normalized spacial score (nSPS) is 19.3. The number of ether oxygens (including phenoxy) is 3. The van der Waals surface area contributed by atoms with Gasteiger partial charge in [0, 0.05) is 30.8 Å². The second kappa shape index (κ2) is 9.56. The predicted octanol–water partition coefficient (Wildman–Crippen LogP) is 0.516. The lowest BCUT2D eigenvalue weighted by molar-refractivity contribution is -0.122. The van der Waals surface area contributed by atoms with Gasteiger partial charge in [-0.05, 0) is 12.8 Å². The molecule has 0 aliphatic carbocycles. The number of β-amino-alcohol motifs (C(OH)–C–C–N with tert-alkyl or cyclic N) is 1. The molecule has 8 heteroatoms. The smallest absolute Gasteiger partial charge is 0.237 e. The molecule has 0 aromatic heterocycles. The van der Waals surface area contributed by atoms with E-state index in [-0.39, 0.29) is 24.4 Å². The largest absolute Gasteiger partial charge is 0.496 e. The maximum Gasteiger partial charge on any atom is 0.237 e. The number of benzene rings is 1. The first-order valence-electron chi connectivity index (χ1n) is 7.57. The van der Waals surface area contributed by atoms with Gasteiger partial charge in [0.2, 0.25) is 5.91 Å². The maximum absolute atomic E-state index is 12.0. The summed E-state index contributed by atoms with van der Waals surface area (Å²) in [5.41, 5.74) is 0.871. The van der Waals surface area contributed by atoms with Gasteiger partial charge < -0.3 is 30.0 Å². The van der Waals surface area contributed by atoms with E-state index in [9.17, 15) is 9.90 Å². The molecular weight excluding hydrogens is 336 g/mol. The summed E-state index contributed by atoms with van der Waals surface area (Å²) in [7, 11) is 4.75. The monoisotopic (exact) mass is 360 g/mol. The van der Waals surface area contributed by atoms with Gasteiger partial charge in [-0.15, -0.1) is 12.4 Å². The Bertz CT molecular complexity index is 530. The fraction of sp³-hybridized carbons (Fsp3) is 0.562. The number of methoxy groups -OCH3 is 3. The van der Waals surface area contributed by atoms with Crippen molar-refractivity contribution in [3.8, 4) is 17.2 Å². The summed E-state index contributed by atoms with van der Waals surface area (Å²) >= 11 is 0. The lowest BCUT2D eigenvalue weighted by Gasteiger charge is -2.16. The Kier molecular flexibility index (Phi) is 8.10. The van der Waals surface area contributed by atoms with Crippen LogP contribution in [0.4, 0.5) is 0 Å². The molecule has 1 aliphatic rings. The fourth-order valence-electron chi connectivity index (χ4n) is 2.67. The molecule has 1 fully saturated rings. The zero-order valence-electron chi connectivity index (χ0n) is 14.1. The number of hydrogen-bond acceptors (Lipinski definition) is 6. The average Bonchev–Trinajstić information content (AvgIpc) is 3.01. The highest BCUT2D eigenvalue weighted by atomic mass is 35.5. The molecule has 1 saturated heterocycles. The van der Waals surface area contributed by atoms with Crippen LogP contribution in [0.3, 0.4) is 0 Å². The fourth-order valence-corrected chi connectivity index (χ4v) is 2.67. The van der Waals surface area contributed by atoms with E-state index in [0.717, 1.165) is 5.56 Å². The van der Waals surface area contributed by atoms with Crippen LogP contribution in [0.1, 0.15) is 12.0 Å². The molecule has 0 spiro atoms. The number of hydrogen-bond donors (Lipinski definition) is 3. The number of amides is 1. The maximum atomic E-state index is 12.0. The Balaban J connectivity index is 0.00000288. The van der Waals surface area contributed by atoms with Gasteiger partial charge in [-0.25, -0.2) is 0 Å². The SMILES string of the molecule is COc1cc(OC)c(CCNC(=O)C2CC(O)CN2)c(OC)c1.Cl. The summed E-state index contributed by atoms with van der Waals surface area (Å²) in [6, 6.07) is 3.24. The van der Waals surface area contributed by atoms with Crippen molar-refractivity contribution in [3.05, 3.63) is 17.7 Å². The molecule has 1 aliphatic heterocycles. The Labute approximate surface area is 148 Å². The lowest BCUT2D eigenvalue weighted by Crippen LogP contribution is -2.41. The third-order valence-electron chi connectivity index (χ3n) is 3.92. The Morgan fingerprint density at radius 2 is 1.88 bits per heavy atom. The minimum absolute atomic E-state index is 0. The second-order valence-electron chi connectivity index (χ2n) is 5.40. The van der Waals surface area contributed by atoms with Crippen LogP contribution in [0.15, 0.2) is 12.1 Å². The molecule has 3 N–H and O–H groups in total. The van der Waals surface area contributed by atoms with Crippen LogP contribution in [-0.4, -0.2) is 57.6 Å².